The summed E-state index contributed by atoms with van der Waals surface area (Å²) < 4.78 is 6.89. The molecule has 3 rings (SSSR count). The highest BCUT2D eigenvalue weighted by Crippen LogP contribution is 2.25. The van der Waals surface area contributed by atoms with Gasteiger partial charge in [-0.05, 0) is 31.0 Å². The number of unbranched alkanes of at least 4 members (excludes halogenated alkanes) is 1. The van der Waals surface area contributed by atoms with Crippen molar-refractivity contribution in [3.63, 3.8) is 0 Å². The molecule has 0 aliphatic heterocycles. The molecule has 26 heavy (non-hydrogen) atoms. The van der Waals surface area contributed by atoms with Gasteiger partial charge in [-0.2, -0.15) is 9.67 Å². The van der Waals surface area contributed by atoms with Crippen molar-refractivity contribution in [1.82, 2.24) is 14.8 Å². The Morgan fingerprint density at radius 1 is 1.15 bits per heavy atom. The number of aromatic nitrogens is 3. The maximum Gasteiger partial charge on any atom is 0.336 e. The lowest BCUT2D eigenvalue weighted by Gasteiger charge is -2.07. The first kappa shape index (κ1) is 18.1. The molecule has 3 aromatic rings. The third-order valence-corrected chi connectivity index (χ3v) is 4.33. The van der Waals surface area contributed by atoms with E-state index in [9.17, 15) is 4.79 Å². The number of aryl methyl sites for hydroxylation is 1. The lowest BCUT2D eigenvalue weighted by atomic mass is 10.1. The van der Waals surface area contributed by atoms with E-state index in [-0.39, 0.29) is 11.9 Å². The van der Waals surface area contributed by atoms with Crippen LogP contribution in [0.4, 0.5) is 0 Å². The molecule has 1 heterocycles. The summed E-state index contributed by atoms with van der Waals surface area (Å²) in [6.45, 7) is 4.55. The normalized spacial score (nSPS) is 10.7. The van der Waals surface area contributed by atoms with Gasteiger partial charge < -0.3 is 4.74 Å². The number of benzene rings is 2. The minimum absolute atomic E-state index is 0.192. The van der Waals surface area contributed by atoms with Gasteiger partial charge in [0.15, 0.2) is 5.82 Å². The van der Waals surface area contributed by atoms with Crippen LogP contribution in [-0.2, 0) is 0 Å². The quantitative estimate of drug-likeness (QED) is 0.587. The SMILES string of the molecule is CCCCOc1nc(-c2ccccc2C)n(C(=O)c2ccccc2Cl)n1. The van der Waals surface area contributed by atoms with Crippen molar-refractivity contribution in [2.75, 3.05) is 6.61 Å². The van der Waals surface area contributed by atoms with Crippen molar-refractivity contribution >= 4 is 17.5 Å². The summed E-state index contributed by atoms with van der Waals surface area (Å²) in [5.74, 6) is 0.103. The van der Waals surface area contributed by atoms with E-state index in [0.29, 0.717) is 23.0 Å². The molecule has 1 aromatic heterocycles. The molecule has 0 aliphatic carbocycles. The van der Waals surface area contributed by atoms with E-state index in [4.69, 9.17) is 16.3 Å². The summed E-state index contributed by atoms with van der Waals surface area (Å²) in [5.41, 5.74) is 2.19. The summed E-state index contributed by atoms with van der Waals surface area (Å²) in [5, 5.41) is 4.66. The van der Waals surface area contributed by atoms with Crippen LogP contribution < -0.4 is 4.74 Å². The molecule has 0 saturated carbocycles. The molecule has 0 bridgehead atoms. The van der Waals surface area contributed by atoms with Crippen molar-refractivity contribution < 1.29 is 9.53 Å². The Morgan fingerprint density at radius 3 is 2.62 bits per heavy atom. The summed E-state index contributed by atoms with van der Waals surface area (Å²) in [4.78, 5) is 17.5. The Kier molecular flexibility index (Phi) is 5.68. The van der Waals surface area contributed by atoms with Crippen molar-refractivity contribution in [3.05, 3.63) is 64.7 Å². The van der Waals surface area contributed by atoms with Gasteiger partial charge in [0.2, 0.25) is 0 Å². The van der Waals surface area contributed by atoms with Crippen LogP contribution in [0.3, 0.4) is 0 Å². The highest BCUT2D eigenvalue weighted by atomic mass is 35.5. The maximum absolute atomic E-state index is 13.0. The van der Waals surface area contributed by atoms with E-state index in [0.717, 1.165) is 24.0 Å². The fourth-order valence-electron chi connectivity index (χ4n) is 2.55. The van der Waals surface area contributed by atoms with Crippen LogP contribution in [0.25, 0.3) is 11.4 Å². The first-order chi connectivity index (χ1) is 12.6. The number of ether oxygens (including phenoxy) is 1. The van der Waals surface area contributed by atoms with Crippen LogP contribution >= 0.6 is 11.6 Å². The van der Waals surface area contributed by atoms with Crippen molar-refractivity contribution in [2.24, 2.45) is 0 Å². The number of hydrogen-bond donors (Lipinski definition) is 0. The molecule has 0 N–H and O–H groups in total. The highest BCUT2D eigenvalue weighted by molar-refractivity contribution is 6.33. The third-order valence-electron chi connectivity index (χ3n) is 4.00. The van der Waals surface area contributed by atoms with Crippen LogP contribution in [0, 0.1) is 6.92 Å². The molecule has 6 heteroatoms. The topological polar surface area (TPSA) is 57.0 Å². The van der Waals surface area contributed by atoms with E-state index in [1.807, 2.05) is 31.2 Å². The average molecular weight is 370 g/mol. The van der Waals surface area contributed by atoms with Gasteiger partial charge in [-0.3, -0.25) is 4.79 Å². The Bertz CT molecular complexity index is 921. The van der Waals surface area contributed by atoms with Crippen LogP contribution in [-0.4, -0.2) is 27.3 Å². The van der Waals surface area contributed by atoms with Gasteiger partial charge in [-0.1, -0.05) is 61.3 Å². The van der Waals surface area contributed by atoms with E-state index in [1.165, 1.54) is 4.68 Å². The molecule has 0 fully saturated rings. The van der Waals surface area contributed by atoms with Crippen molar-refractivity contribution in [2.45, 2.75) is 26.7 Å². The zero-order valence-electron chi connectivity index (χ0n) is 14.8. The number of rotatable bonds is 6. The molecule has 0 saturated heterocycles. The minimum Gasteiger partial charge on any atom is -0.462 e. The second kappa shape index (κ2) is 8.15. The molecule has 134 valence electrons. The molecule has 0 unspecified atom stereocenters. The monoisotopic (exact) mass is 369 g/mol. The molecule has 0 aliphatic rings. The van der Waals surface area contributed by atoms with Crippen LogP contribution in [0.5, 0.6) is 6.01 Å². The van der Waals surface area contributed by atoms with Crippen molar-refractivity contribution in [1.29, 1.82) is 0 Å². The van der Waals surface area contributed by atoms with Crippen LogP contribution in [0.2, 0.25) is 5.02 Å². The van der Waals surface area contributed by atoms with E-state index < -0.39 is 0 Å². The molecule has 0 radical (unpaired) electrons. The van der Waals surface area contributed by atoms with Crippen molar-refractivity contribution in [3.8, 4) is 17.4 Å². The molecular formula is C20H20ClN3O2. The zero-order valence-corrected chi connectivity index (χ0v) is 15.5. The van der Waals surface area contributed by atoms with Gasteiger partial charge in [0.25, 0.3) is 5.91 Å². The highest BCUT2D eigenvalue weighted by Gasteiger charge is 2.22. The second-order valence-corrected chi connectivity index (χ2v) is 6.34. The lowest BCUT2D eigenvalue weighted by molar-refractivity contribution is 0.0945. The molecular weight excluding hydrogens is 350 g/mol. The fraction of sp³-hybridized carbons (Fsp3) is 0.250. The lowest BCUT2D eigenvalue weighted by Crippen LogP contribution is -2.16. The molecule has 5 nitrogen and oxygen atoms in total. The molecule has 0 atom stereocenters. The first-order valence-electron chi connectivity index (χ1n) is 8.57. The summed E-state index contributed by atoms with van der Waals surface area (Å²) >= 11 is 6.19. The predicted octanol–water partition coefficient (Wildman–Crippen LogP) is 4.77. The Hall–Kier alpha value is -2.66. The Morgan fingerprint density at radius 2 is 1.88 bits per heavy atom. The van der Waals surface area contributed by atoms with Gasteiger partial charge in [0, 0.05) is 5.56 Å². The molecule has 0 spiro atoms. The number of nitrogens with zero attached hydrogens (tertiary/aromatic N) is 3. The second-order valence-electron chi connectivity index (χ2n) is 5.93. The van der Waals surface area contributed by atoms with Gasteiger partial charge in [-0.25, -0.2) is 0 Å². The van der Waals surface area contributed by atoms with Gasteiger partial charge >= 0.3 is 6.01 Å². The number of hydrogen-bond acceptors (Lipinski definition) is 4. The van der Waals surface area contributed by atoms with Gasteiger partial charge in [0.05, 0.1) is 17.2 Å². The molecule has 0 amide bonds. The fourth-order valence-corrected chi connectivity index (χ4v) is 2.77. The standard InChI is InChI=1S/C20H20ClN3O2/c1-3-4-13-26-20-22-18(15-10-6-5-9-14(15)2)24(23-20)19(25)16-11-7-8-12-17(16)21/h5-12H,3-4,13H2,1-2H3. The number of carbonyl (C=O) groups is 1. The van der Waals surface area contributed by atoms with E-state index in [1.54, 1.807) is 24.3 Å². The summed E-state index contributed by atoms with van der Waals surface area (Å²) in [7, 11) is 0. The molecule has 2 aromatic carbocycles. The van der Waals surface area contributed by atoms with Gasteiger partial charge in [-0.15, -0.1) is 5.10 Å². The van der Waals surface area contributed by atoms with Gasteiger partial charge in [0.1, 0.15) is 0 Å². The van der Waals surface area contributed by atoms with E-state index in [2.05, 4.69) is 17.0 Å². The largest absolute Gasteiger partial charge is 0.462 e. The number of carbonyl (C=O) groups excluding carboxylic acids is 1. The smallest absolute Gasteiger partial charge is 0.336 e. The summed E-state index contributed by atoms with van der Waals surface area (Å²) in [6, 6.07) is 14.8. The predicted molar refractivity (Wildman–Crippen MR) is 102 cm³/mol. The summed E-state index contributed by atoms with van der Waals surface area (Å²) in [6.07, 6.45) is 1.90. The average Bonchev–Trinajstić information content (AvgIpc) is 3.06. The Labute approximate surface area is 157 Å². The minimum atomic E-state index is -0.341. The Balaban J connectivity index is 2.06. The van der Waals surface area contributed by atoms with Crippen LogP contribution in [0.1, 0.15) is 35.7 Å². The number of halogens is 1. The van der Waals surface area contributed by atoms with Crippen LogP contribution in [0.15, 0.2) is 48.5 Å². The first-order valence-corrected chi connectivity index (χ1v) is 8.94. The zero-order chi connectivity index (χ0) is 18.5. The third kappa shape index (κ3) is 3.78. The van der Waals surface area contributed by atoms with E-state index >= 15 is 0 Å². The maximum atomic E-state index is 13.0.